The molecular weight excluding hydrogens is 296 g/mol. The van der Waals surface area contributed by atoms with E-state index in [1.165, 1.54) is 0 Å². The topological polar surface area (TPSA) is 55.1 Å². The average molecular weight is 312 g/mol. The third-order valence-electron chi connectivity index (χ3n) is 3.28. The highest BCUT2D eigenvalue weighted by Crippen LogP contribution is 2.21. The average Bonchev–Trinajstić information content (AvgIpc) is 3.13. The minimum absolute atomic E-state index is 0.116. The number of aryl methyl sites for hydroxylation is 2. The van der Waals surface area contributed by atoms with Crippen LogP contribution < -0.4 is 5.32 Å². The maximum Gasteiger partial charge on any atom is 0.251 e. The fraction of sp³-hybridized carbons (Fsp3) is 0.176. The van der Waals surface area contributed by atoms with E-state index in [0.29, 0.717) is 12.1 Å². The van der Waals surface area contributed by atoms with Crippen LogP contribution in [0.25, 0.3) is 11.3 Å². The molecule has 0 atom stereocenters. The lowest BCUT2D eigenvalue weighted by Gasteiger charge is -2.04. The summed E-state index contributed by atoms with van der Waals surface area (Å²) in [5.41, 5.74) is 2.59. The molecule has 3 rings (SSSR count). The van der Waals surface area contributed by atoms with Crippen LogP contribution >= 0.6 is 11.3 Å². The lowest BCUT2D eigenvalue weighted by atomic mass is 10.1. The van der Waals surface area contributed by atoms with Crippen LogP contribution in [0.1, 0.15) is 26.9 Å². The smallest absolute Gasteiger partial charge is 0.251 e. The van der Waals surface area contributed by atoms with Crippen LogP contribution in [-0.4, -0.2) is 10.9 Å². The highest BCUT2D eigenvalue weighted by Gasteiger charge is 2.08. The summed E-state index contributed by atoms with van der Waals surface area (Å²) in [6, 6.07) is 11.2. The molecule has 4 nitrogen and oxygen atoms in total. The van der Waals surface area contributed by atoms with Crippen molar-refractivity contribution < 1.29 is 9.21 Å². The van der Waals surface area contributed by atoms with Crippen LogP contribution in [0.4, 0.5) is 0 Å². The predicted molar refractivity (Wildman–Crippen MR) is 86.9 cm³/mol. The Labute approximate surface area is 132 Å². The van der Waals surface area contributed by atoms with Crippen LogP contribution in [0.3, 0.4) is 0 Å². The zero-order valence-electron chi connectivity index (χ0n) is 12.4. The Morgan fingerprint density at radius 2 is 1.95 bits per heavy atom. The molecule has 22 heavy (non-hydrogen) atoms. The van der Waals surface area contributed by atoms with E-state index in [-0.39, 0.29) is 5.91 Å². The second-order valence-electron chi connectivity index (χ2n) is 5.02. The van der Waals surface area contributed by atoms with Gasteiger partial charge in [-0.05, 0) is 38.1 Å². The summed E-state index contributed by atoms with van der Waals surface area (Å²) < 4.78 is 5.43. The van der Waals surface area contributed by atoms with E-state index < -0.39 is 0 Å². The van der Waals surface area contributed by atoms with E-state index in [4.69, 9.17) is 4.42 Å². The van der Waals surface area contributed by atoms with Gasteiger partial charge in [0.25, 0.3) is 5.91 Å². The van der Waals surface area contributed by atoms with Gasteiger partial charge in [0.1, 0.15) is 11.5 Å². The first-order chi connectivity index (χ1) is 10.6. The molecule has 5 heteroatoms. The molecule has 2 aromatic heterocycles. The standard InChI is InChI=1S/C17H16N2O2S/c1-11-3-8-15(21-11)9-18-17(20)14-6-4-13(5-7-14)16-10-22-12(2)19-16/h3-8,10H,9H2,1-2H3,(H,18,20). The van der Waals surface area contributed by atoms with Crippen LogP contribution in [0.2, 0.25) is 0 Å². The Hall–Kier alpha value is -2.40. The molecule has 1 N–H and O–H groups in total. The minimum atomic E-state index is -0.116. The zero-order chi connectivity index (χ0) is 15.5. The summed E-state index contributed by atoms with van der Waals surface area (Å²) in [7, 11) is 0. The monoisotopic (exact) mass is 312 g/mol. The van der Waals surface area contributed by atoms with Gasteiger partial charge < -0.3 is 9.73 Å². The third kappa shape index (κ3) is 3.26. The summed E-state index contributed by atoms with van der Waals surface area (Å²) in [5, 5.41) is 5.90. The number of carbonyl (C=O) groups is 1. The number of hydrogen-bond acceptors (Lipinski definition) is 4. The van der Waals surface area contributed by atoms with Crippen molar-refractivity contribution in [1.82, 2.24) is 10.3 Å². The zero-order valence-corrected chi connectivity index (χ0v) is 13.2. The number of thiazole rings is 1. The fourth-order valence-corrected chi connectivity index (χ4v) is 2.76. The Morgan fingerprint density at radius 3 is 2.55 bits per heavy atom. The molecule has 0 aliphatic rings. The van der Waals surface area contributed by atoms with Gasteiger partial charge in [-0.15, -0.1) is 11.3 Å². The normalized spacial score (nSPS) is 10.6. The Bertz CT molecular complexity index is 787. The van der Waals surface area contributed by atoms with E-state index in [2.05, 4.69) is 10.3 Å². The molecule has 0 saturated carbocycles. The van der Waals surface area contributed by atoms with Gasteiger partial charge >= 0.3 is 0 Å². The first kappa shape index (κ1) is 14.5. The van der Waals surface area contributed by atoms with Crippen LogP contribution in [-0.2, 0) is 6.54 Å². The summed E-state index contributed by atoms with van der Waals surface area (Å²) in [5.74, 6) is 1.47. The van der Waals surface area contributed by atoms with Crippen molar-refractivity contribution in [2.24, 2.45) is 0 Å². The number of furan rings is 1. The van der Waals surface area contributed by atoms with Gasteiger partial charge in [-0.2, -0.15) is 0 Å². The van der Waals surface area contributed by atoms with Gasteiger partial charge in [0.15, 0.2) is 0 Å². The van der Waals surface area contributed by atoms with Crippen molar-refractivity contribution in [3.05, 3.63) is 63.9 Å². The van der Waals surface area contributed by atoms with Gasteiger partial charge in [-0.3, -0.25) is 4.79 Å². The van der Waals surface area contributed by atoms with Crippen LogP contribution in [0.15, 0.2) is 46.2 Å². The second kappa shape index (κ2) is 6.15. The SMILES string of the molecule is Cc1ccc(CNC(=O)c2ccc(-c3csc(C)n3)cc2)o1. The number of aromatic nitrogens is 1. The molecule has 0 radical (unpaired) electrons. The molecule has 112 valence electrons. The van der Waals surface area contributed by atoms with Crippen molar-refractivity contribution in [3.8, 4) is 11.3 Å². The summed E-state index contributed by atoms with van der Waals surface area (Å²) in [6.45, 7) is 4.25. The third-order valence-corrected chi connectivity index (χ3v) is 4.05. The lowest BCUT2D eigenvalue weighted by Crippen LogP contribution is -2.22. The van der Waals surface area contributed by atoms with Gasteiger partial charge in [0.2, 0.25) is 0 Å². The van der Waals surface area contributed by atoms with E-state index in [9.17, 15) is 4.79 Å². The Morgan fingerprint density at radius 1 is 1.18 bits per heavy atom. The molecule has 0 fully saturated rings. The fourth-order valence-electron chi connectivity index (χ4n) is 2.14. The largest absolute Gasteiger partial charge is 0.465 e. The first-order valence-corrected chi connectivity index (χ1v) is 7.86. The van der Waals surface area contributed by atoms with E-state index >= 15 is 0 Å². The first-order valence-electron chi connectivity index (χ1n) is 6.98. The number of hydrogen-bond donors (Lipinski definition) is 1. The Balaban J connectivity index is 1.65. The van der Waals surface area contributed by atoms with Crippen molar-refractivity contribution >= 4 is 17.2 Å². The maximum atomic E-state index is 12.1. The quantitative estimate of drug-likeness (QED) is 0.793. The van der Waals surface area contributed by atoms with E-state index in [1.807, 2.05) is 55.6 Å². The molecule has 1 aromatic carbocycles. The molecule has 0 bridgehead atoms. The van der Waals surface area contributed by atoms with Crippen LogP contribution in [0, 0.1) is 13.8 Å². The summed E-state index contributed by atoms with van der Waals surface area (Å²) >= 11 is 1.62. The number of carbonyl (C=O) groups excluding carboxylic acids is 1. The second-order valence-corrected chi connectivity index (χ2v) is 6.09. The molecule has 0 aliphatic heterocycles. The van der Waals surface area contributed by atoms with Crippen molar-refractivity contribution in [2.45, 2.75) is 20.4 Å². The van der Waals surface area contributed by atoms with E-state index in [1.54, 1.807) is 11.3 Å². The van der Waals surface area contributed by atoms with Crippen molar-refractivity contribution in [3.63, 3.8) is 0 Å². The van der Waals surface area contributed by atoms with Crippen molar-refractivity contribution in [1.29, 1.82) is 0 Å². The number of nitrogens with zero attached hydrogens (tertiary/aromatic N) is 1. The highest BCUT2D eigenvalue weighted by atomic mass is 32.1. The van der Waals surface area contributed by atoms with Crippen LogP contribution in [0.5, 0.6) is 0 Å². The molecule has 0 aliphatic carbocycles. The summed E-state index contributed by atoms with van der Waals surface area (Å²) in [6.07, 6.45) is 0. The van der Waals surface area contributed by atoms with Crippen molar-refractivity contribution in [2.75, 3.05) is 0 Å². The van der Waals surface area contributed by atoms with Gasteiger partial charge in [0.05, 0.1) is 17.2 Å². The number of rotatable bonds is 4. The lowest BCUT2D eigenvalue weighted by molar-refractivity contribution is 0.0948. The molecular formula is C17H16N2O2S. The van der Waals surface area contributed by atoms with Gasteiger partial charge in [-0.1, -0.05) is 12.1 Å². The molecule has 1 amide bonds. The van der Waals surface area contributed by atoms with E-state index in [0.717, 1.165) is 27.8 Å². The minimum Gasteiger partial charge on any atom is -0.465 e. The molecule has 0 unspecified atom stereocenters. The highest BCUT2D eigenvalue weighted by molar-refractivity contribution is 7.09. The molecule has 2 heterocycles. The summed E-state index contributed by atoms with van der Waals surface area (Å²) in [4.78, 5) is 16.5. The maximum absolute atomic E-state index is 12.1. The number of benzene rings is 1. The number of nitrogens with one attached hydrogen (secondary N) is 1. The van der Waals surface area contributed by atoms with Gasteiger partial charge in [-0.25, -0.2) is 4.98 Å². The molecule has 0 spiro atoms. The number of amides is 1. The van der Waals surface area contributed by atoms with Gasteiger partial charge in [0, 0.05) is 16.5 Å². The molecule has 0 saturated heterocycles. The molecule has 3 aromatic rings. The Kier molecular flexibility index (Phi) is 4.06. The predicted octanol–water partition coefficient (Wildman–Crippen LogP) is 3.95.